The van der Waals surface area contributed by atoms with Gasteiger partial charge in [0.15, 0.2) is 0 Å². The second-order valence-corrected chi connectivity index (χ2v) is 4.81. The Hall–Kier alpha value is -1.79. The molecule has 0 spiro atoms. The van der Waals surface area contributed by atoms with Crippen molar-refractivity contribution in [2.75, 3.05) is 13.2 Å². The van der Waals surface area contributed by atoms with E-state index in [4.69, 9.17) is 15.0 Å². The molecule has 0 aromatic carbocycles. The molecule has 2 atom stereocenters. The fourth-order valence-electron chi connectivity index (χ4n) is 2.21. The van der Waals surface area contributed by atoms with Gasteiger partial charge in [-0.25, -0.2) is 0 Å². The van der Waals surface area contributed by atoms with Crippen LogP contribution in [-0.2, 0) is 19.1 Å². The van der Waals surface area contributed by atoms with Crippen molar-refractivity contribution in [1.82, 2.24) is 0 Å². The van der Waals surface area contributed by atoms with Gasteiger partial charge in [-0.05, 0) is 18.4 Å². The molecule has 19 heavy (non-hydrogen) atoms. The van der Waals surface area contributed by atoms with Crippen LogP contribution in [0, 0.1) is 5.41 Å². The van der Waals surface area contributed by atoms with Crippen molar-refractivity contribution in [2.24, 2.45) is 10.5 Å². The Morgan fingerprint density at radius 1 is 1.32 bits per heavy atom. The molecule has 0 amide bonds. The molecule has 1 aliphatic carbocycles. The molecule has 8 heteroatoms. The molecule has 8 nitrogen and oxygen atoms in total. The molecule has 1 saturated carbocycles. The minimum atomic E-state index is -0.831. The number of aliphatic hydroxyl groups is 1. The van der Waals surface area contributed by atoms with Gasteiger partial charge in [0.05, 0.1) is 12.1 Å². The second-order valence-electron chi connectivity index (χ2n) is 4.81. The number of carbonyl (C=O) groups is 2. The zero-order chi connectivity index (χ0) is 14.5. The zero-order valence-electron chi connectivity index (χ0n) is 10.9. The third-order valence-electron chi connectivity index (χ3n) is 3.09. The van der Waals surface area contributed by atoms with Gasteiger partial charge in [-0.1, -0.05) is 5.11 Å². The highest BCUT2D eigenvalue weighted by Gasteiger charge is 2.46. The van der Waals surface area contributed by atoms with Crippen LogP contribution in [0.2, 0.25) is 0 Å². The first-order valence-electron chi connectivity index (χ1n) is 5.87. The number of hydrogen-bond donors (Lipinski definition) is 1. The van der Waals surface area contributed by atoms with Gasteiger partial charge < -0.3 is 14.6 Å². The van der Waals surface area contributed by atoms with Crippen LogP contribution in [0.15, 0.2) is 5.11 Å². The summed E-state index contributed by atoms with van der Waals surface area (Å²) in [5.74, 6) is -0.909. The largest absolute Gasteiger partial charge is 0.465 e. The minimum absolute atomic E-state index is 0.0180. The summed E-state index contributed by atoms with van der Waals surface area (Å²) in [6.45, 7) is 2.58. The van der Waals surface area contributed by atoms with E-state index in [1.165, 1.54) is 13.8 Å². The molecule has 0 aromatic heterocycles. The summed E-state index contributed by atoms with van der Waals surface area (Å²) >= 11 is 0. The number of carbonyl (C=O) groups excluding carboxylic acids is 2. The fraction of sp³-hybridized carbons (Fsp3) is 0.818. The summed E-state index contributed by atoms with van der Waals surface area (Å²) in [5.41, 5.74) is 7.73. The highest BCUT2D eigenvalue weighted by atomic mass is 16.5. The van der Waals surface area contributed by atoms with Crippen molar-refractivity contribution >= 4 is 11.9 Å². The number of hydrogen-bond acceptors (Lipinski definition) is 6. The van der Waals surface area contributed by atoms with Gasteiger partial charge in [-0.15, -0.1) is 0 Å². The molecule has 0 bridgehead atoms. The number of esters is 2. The molecule has 106 valence electrons. The van der Waals surface area contributed by atoms with Crippen molar-refractivity contribution < 1.29 is 24.2 Å². The van der Waals surface area contributed by atoms with Crippen molar-refractivity contribution in [3.05, 3.63) is 10.4 Å². The van der Waals surface area contributed by atoms with Crippen LogP contribution in [-0.4, -0.2) is 42.4 Å². The molecule has 1 rings (SSSR count). The van der Waals surface area contributed by atoms with Gasteiger partial charge in [-0.2, -0.15) is 0 Å². The monoisotopic (exact) mass is 271 g/mol. The number of nitrogens with zero attached hydrogens (tertiary/aromatic N) is 3. The van der Waals surface area contributed by atoms with E-state index in [2.05, 4.69) is 10.0 Å². The van der Waals surface area contributed by atoms with Gasteiger partial charge in [0.25, 0.3) is 0 Å². The van der Waals surface area contributed by atoms with E-state index in [1.54, 1.807) is 0 Å². The molecule has 0 aromatic rings. The van der Waals surface area contributed by atoms with E-state index in [0.29, 0.717) is 6.42 Å². The first-order valence-corrected chi connectivity index (χ1v) is 5.87. The zero-order valence-corrected chi connectivity index (χ0v) is 10.9. The lowest BCUT2D eigenvalue weighted by molar-refractivity contribution is -0.151. The van der Waals surface area contributed by atoms with Gasteiger partial charge >= 0.3 is 11.9 Å². The third kappa shape index (κ3) is 4.42. The second kappa shape index (κ2) is 6.40. The van der Waals surface area contributed by atoms with Gasteiger partial charge in [-0.3, -0.25) is 9.59 Å². The lowest BCUT2D eigenvalue weighted by Crippen LogP contribution is -2.32. The standard InChI is InChI=1S/C11H17N3O5/c1-7(15)18-5-11(6-19-8(2)16)3-9(13-14-12)10(17)4-11/h9-10,17H,3-6H2,1-2H3/t9-,10-/m1/s1. The molecular formula is C11H17N3O5. The molecule has 1 fully saturated rings. The molecular weight excluding hydrogens is 254 g/mol. The van der Waals surface area contributed by atoms with Crippen LogP contribution in [0.5, 0.6) is 0 Å². The highest BCUT2D eigenvalue weighted by Crippen LogP contribution is 2.40. The van der Waals surface area contributed by atoms with Crippen LogP contribution >= 0.6 is 0 Å². The first kappa shape index (κ1) is 15.3. The van der Waals surface area contributed by atoms with Crippen molar-refractivity contribution in [3.63, 3.8) is 0 Å². The van der Waals surface area contributed by atoms with E-state index < -0.39 is 29.5 Å². The van der Waals surface area contributed by atoms with Crippen LogP contribution in [0.4, 0.5) is 0 Å². The first-order chi connectivity index (χ1) is 8.88. The van der Waals surface area contributed by atoms with Crippen LogP contribution in [0.3, 0.4) is 0 Å². The average molecular weight is 271 g/mol. The number of aliphatic hydroxyl groups excluding tert-OH is 1. The summed E-state index contributed by atoms with van der Waals surface area (Å²) in [5, 5.41) is 13.3. The van der Waals surface area contributed by atoms with E-state index in [9.17, 15) is 14.7 Å². The van der Waals surface area contributed by atoms with E-state index in [1.807, 2.05) is 0 Å². The van der Waals surface area contributed by atoms with E-state index in [-0.39, 0.29) is 19.6 Å². The lowest BCUT2D eigenvalue weighted by Gasteiger charge is -2.27. The summed E-state index contributed by atoms with van der Waals surface area (Å²) in [6, 6.07) is -0.601. The lowest BCUT2D eigenvalue weighted by atomic mass is 9.88. The minimum Gasteiger partial charge on any atom is -0.465 e. The molecule has 0 heterocycles. The maximum absolute atomic E-state index is 10.9. The quantitative estimate of drug-likeness (QED) is 0.345. The third-order valence-corrected chi connectivity index (χ3v) is 3.09. The molecule has 1 aliphatic rings. The predicted octanol–water partition coefficient (Wildman–Crippen LogP) is 0.933. The Labute approximate surface area is 110 Å². The van der Waals surface area contributed by atoms with Crippen molar-refractivity contribution in [3.8, 4) is 0 Å². The van der Waals surface area contributed by atoms with Crippen molar-refractivity contribution in [2.45, 2.75) is 38.8 Å². The summed E-state index contributed by atoms with van der Waals surface area (Å²) < 4.78 is 9.92. The Morgan fingerprint density at radius 3 is 2.26 bits per heavy atom. The van der Waals surface area contributed by atoms with Crippen LogP contribution in [0.25, 0.3) is 10.4 Å². The smallest absolute Gasteiger partial charge is 0.302 e. The van der Waals surface area contributed by atoms with Crippen LogP contribution < -0.4 is 0 Å². The Morgan fingerprint density at radius 2 is 1.84 bits per heavy atom. The summed E-state index contributed by atoms with van der Waals surface area (Å²) in [4.78, 5) is 24.5. The Balaban J connectivity index is 2.78. The van der Waals surface area contributed by atoms with Crippen LogP contribution in [0.1, 0.15) is 26.7 Å². The maximum Gasteiger partial charge on any atom is 0.302 e. The molecule has 0 radical (unpaired) electrons. The molecule has 1 N–H and O–H groups in total. The van der Waals surface area contributed by atoms with E-state index >= 15 is 0 Å². The maximum atomic E-state index is 10.9. The molecule has 0 unspecified atom stereocenters. The van der Waals surface area contributed by atoms with Crippen molar-refractivity contribution in [1.29, 1.82) is 0 Å². The fourth-order valence-corrected chi connectivity index (χ4v) is 2.21. The molecule has 0 aliphatic heterocycles. The Kier molecular flexibility index (Phi) is 5.14. The normalized spacial score (nSPS) is 24.4. The van der Waals surface area contributed by atoms with Gasteiger partial charge in [0.2, 0.25) is 0 Å². The predicted molar refractivity (Wildman–Crippen MR) is 63.9 cm³/mol. The summed E-state index contributed by atoms with van der Waals surface area (Å²) in [6.07, 6.45) is -0.280. The number of azide groups is 1. The SMILES string of the molecule is CC(=O)OCC1(COC(C)=O)C[C@@H](O)[C@H](N=[N+]=[N-])C1. The Bertz CT molecular complexity index is 387. The molecule has 0 saturated heterocycles. The van der Waals surface area contributed by atoms with Gasteiger partial charge in [0.1, 0.15) is 13.2 Å². The number of rotatable bonds is 5. The highest BCUT2D eigenvalue weighted by molar-refractivity contribution is 5.66. The van der Waals surface area contributed by atoms with Gasteiger partial charge in [0, 0.05) is 24.2 Å². The number of ether oxygens (including phenoxy) is 2. The topological polar surface area (TPSA) is 122 Å². The average Bonchev–Trinajstić information content (AvgIpc) is 2.63. The summed E-state index contributed by atoms with van der Waals surface area (Å²) in [7, 11) is 0. The van der Waals surface area contributed by atoms with E-state index in [0.717, 1.165) is 0 Å².